The highest BCUT2D eigenvalue weighted by molar-refractivity contribution is 7.92. The van der Waals surface area contributed by atoms with Crippen LogP contribution in [-0.2, 0) is 10.0 Å². The molecule has 4 nitrogen and oxygen atoms in total. The van der Waals surface area contributed by atoms with E-state index in [1.54, 1.807) is 13.2 Å². The normalized spacial score (nSPS) is 20.3. The summed E-state index contributed by atoms with van der Waals surface area (Å²) in [7, 11) is -1.65. The predicted octanol–water partition coefficient (Wildman–Crippen LogP) is 4.38. The van der Waals surface area contributed by atoms with Crippen molar-refractivity contribution in [2.45, 2.75) is 24.7 Å². The van der Waals surface area contributed by atoms with E-state index in [0.29, 0.717) is 17.5 Å². The van der Waals surface area contributed by atoms with E-state index in [1.807, 2.05) is 24.3 Å². The van der Waals surface area contributed by atoms with E-state index in [4.69, 9.17) is 16.3 Å². The van der Waals surface area contributed by atoms with E-state index in [2.05, 4.69) is 16.9 Å². The van der Waals surface area contributed by atoms with E-state index >= 15 is 0 Å². The third-order valence-corrected chi connectivity index (χ3v) is 5.31. The molecule has 1 aliphatic rings. The van der Waals surface area contributed by atoms with Crippen LogP contribution in [-0.4, -0.2) is 21.8 Å². The lowest BCUT2D eigenvalue weighted by atomic mass is 9.68. The molecule has 0 amide bonds. The molecule has 6 heteroatoms. The number of nitrogens with one attached hydrogen (secondary N) is 1. The van der Waals surface area contributed by atoms with Crippen molar-refractivity contribution in [3.8, 4) is 5.75 Å². The number of benzene rings is 2. The van der Waals surface area contributed by atoms with Crippen LogP contribution in [0.25, 0.3) is 0 Å². The Kier molecular flexibility index (Phi) is 4.74. The molecule has 0 spiro atoms. The minimum Gasteiger partial charge on any atom is -0.496 e. The fraction of sp³-hybridized carbons (Fsp3) is 0.333. The lowest BCUT2D eigenvalue weighted by Gasteiger charge is -2.37. The van der Waals surface area contributed by atoms with E-state index in [9.17, 15) is 8.42 Å². The van der Waals surface area contributed by atoms with Crippen LogP contribution in [0.15, 0.2) is 42.5 Å². The molecule has 0 saturated heterocycles. The van der Waals surface area contributed by atoms with Crippen LogP contribution in [0.1, 0.15) is 35.8 Å². The molecule has 0 radical (unpaired) electrons. The number of sulfonamides is 1. The Morgan fingerprint density at radius 1 is 1.08 bits per heavy atom. The highest BCUT2D eigenvalue weighted by Crippen LogP contribution is 2.50. The smallest absolute Gasteiger partial charge is 0.229 e. The summed E-state index contributed by atoms with van der Waals surface area (Å²) in [6.07, 6.45) is 3.18. The Labute approximate surface area is 147 Å². The maximum Gasteiger partial charge on any atom is 0.229 e. The van der Waals surface area contributed by atoms with Gasteiger partial charge in [-0.15, -0.1) is 0 Å². The average molecular weight is 366 g/mol. The zero-order chi connectivity index (χ0) is 17.3. The standard InChI is InChI=1S/C18H20ClNO3S/c1-23-18-8-7-16(20-24(2,21)22)11-17(18)14-9-13(10-14)12-3-5-15(19)6-4-12/h3-8,11,13-14,20H,9-10H2,1-2H3/t13-,14+. The molecule has 1 fully saturated rings. The number of hydrogen-bond acceptors (Lipinski definition) is 3. The molecule has 0 aromatic heterocycles. The number of halogens is 1. The van der Waals surface area contributed by atoms with Gasteiger partial charge in [0.25, 0.3) is 0 Å². The molecule has 0 unspecified atom stereocenters. The summed E-state index contributed by atoms with van der Waals surface area (Å²) in [5.74, 6) is 1.67. The minimum absolute atomic E-state index is 0.363. The van der Waals surface area contributed by atoms with Crippen molar-refractivity contribution >= 4 is 27.3 Å². The first-order valence-electron chi connectivity index (χ1n) is 7.77. The quantitative estimate of drug-likeness (QED) is 0.855. The summed E-state index contributed by atoms with van der Waals surface area (Å²) in [6.45, 7) is 0. The highest BCUT2D eigenvalue weighted by Gasteiger charge is 2.33. The summed E-state index contributed by atoms with van der Waals surface area (Å²) in [5, 5.41) is 0.746. The van der Waals surface area contributed by atoms with Gasteiger partial charge in [-0.05, 0) is 66.1 Å². The molecule has 2 aromatic carbocycles. The molecular formula is C18H20ClNO3S. The fourth-order valence-corrected chi connectivity index (χ4v) is 3.89. The molecule has 1 aliphatic carbocycles. The first-order valence-corrected chi connectivity index (χ1v) is 10.0. The first kappa shape index (κ1) is 17.1. The zero-order valence-electron chi connectivity index (χ0n) is 13.6. The van der Waals surface area contributed by atoms with Gasteiger partial charge in [-0.2, -0.15) is 0 Å². The van der Waals surface area contributed by atoms with Crippen molar-refractivity contribution in [1.82, 2.24) is 0 Å². The zero-order valence-corrected chi connectivity index (χ0v) is 15.2. The lowest BCUT2D eigenvalue weighted by Crippen LogP contribution is -2.21. The van der Waals surface area contributed by atoms with Crippen molar-refractivity contribution in [3.63, 3.8) is 0 Å². The van der Waals surface area contributed by atoms with Gasteiger partial charge < -0.3 is 4.74 Å². The molecule has 1 saturated carbocycles. The van der Waals surface area contributed by atoms with Gasteiger partial charge in [0.2, 0.25) is 10.0 Å². The number of methoxy groups -OCH3 is 1. The molecule has 24 heavy (non-hydrogen) atoms. The fourth-order valence-electron chi connectivity index (χ4n) is 3.21. The topological polar surface area (TPSA) is 55.4 Å². The van der Waals surface area contributed by atoms with Crippen molar-refractivity contribution < 1.29 is 13.2 Å². The minimum atomic E-state index is -3.29. The van der Waals surface area contributed by atoms with E-state index < -0.39 is 10.0 Å². The summed E-state index contributed by atoms with van der Waals surface area (Å²) < 4.78 is 30.8. The second kappa shape index (κ2) is 6.65. The Balaban J connectivity index is 1.77. The molecule has 0 heterocycles. The summed E-state index contributed by atoms with van der Waals surface area (Å²) in [4.78, 5) is 0. The number of hydrogen-bond donors (Lipinski definition) is 1. The lowest BCUT2D eigenvalue weighted by molar-refractivity contribution is 0.333. The van der Waals surface area contributed by atoms with E-state index in [0.717, 1.165) is 35.4 Å². The molecule has 0 bridgehead atoms. The van der Waals surface area contributed by atoms with Crippen LogP contribution in [0.5, 0.6) is 5.75 Å². The monoisotopic (exact) mass is 365 g/mol. The largest absolute Gasteiger partial charge is 0.496 e. The maximum atomic E-state index is 11.4. The van der Waals surface area contributed by atoms with Crippen LogP contribution in [0.2, 0.25) is 5.02 Å². The molecule has 2 aromatic rings. The van der Waals surface area contributed by atoms with E-state index in [1.165, 1.54) is 5.56 Å². The van der Waals surface area contributed by atoms with Crippen molar-refractivity contribution in [2.75, 3.05) is 18.1 Å². The molecule has 1 N–H and O–H groups in total. The van der Waals surface area contributed by atoms with Gasteiger partial charge in [-0.3, -0.25) is 4.72 Å². The Bertz CT molecular complexity index is 828. The maximum absolute atomic E-state index is 11.4. The summed E-state index contributed by atoms with van der Waals surface area (Å²) >= 11 is 5.94. The van der Waals surface area contributed by atoms with Crippen LogP contribution in [0.3, 0.4) is 0 Å². The first-order chi connectivity index (χ1) is 11.4. The Morgan fingerprint density at radius 3 is 2.33 bits per heavy atom. The van der Waals surface area contributed by atoms with Crippen LogP contribution in [0, 0.1) is 0 Å². The van der Waals surface area contributed by atoms with Gasteiger partial charge in [0, 0.05) is 10.7 Å². The van der Waals surface area contributed by atoms with Crippen LogP contribution in [0.4, 0.5) is 5.69 Å². The Morgan fingerprint density at radius 2 is 1.75 bits per heavy atom. The highest BCUT2D eigenvalue weighted by atomic mass is 35.5. The van der Waals surface area contributed by atoms with Crippen molar-refractivity contribution in [2.24, 2.45) is 0 Å². The number of anilines is 1. The second-order valence-corrected chi connectivity index (χ2v) is 8.43. The van der Waals surface area contributed by atoms with Crippen LogP contribution >= 0.6 is 11.6 Å². The molecule has 128 valence electrons. The number of rotatable bonds is 5. The Hall–Kier alpha value is -1.72. The molecular weight excluding hydrogens is 346 g/mol. The predicted molar refractivity (Wildman–Crippen MR) is 97.6 cm³/mol. The van der Waals surface area contributed by atoms with Crippen LogP contribution < -0.4 is 9.46 Å². The van der Waals surface area contributed by atoms with Gasteiger partial charge in [-0.1, -0.05) is 23.7 Å². The van der Waals surface area contributed by atoms with Gasteiger partial charge >= 0.3 is 0 Å². The molecule has 0 atom stereocenters. The molecule has 0 aliphatic heterocycles. The third-order valence-electron chi connectivity index (χ3n) is 4.45. The van der Waals surface area contributed by atoms with Gasteiger partial charge in [0.1, 0.15) is 5.75 Å². The van der Waals surface area contributed by atoms with Gasteiger partial charge in [-0.25, -0.2) is 8.42 Å². The second-order valence-electron chi connectivity index (χ2n) is 6.25. The van der Waals surface area contributed by atoms with Gasteiger partial charge in [0.05, 0.1) is 13.4 Å². The molecule has 3 rings (SSSR count). The SMILES string of the molecule is COc1ccc(NS(C)(=O)=O)cc1[C@H]1C[C@@H](c2ccc(Cl)cc2)C1. The number of ether oxygens (including phenoxy) is 1. The van der Waals surface area contributed by atoms with Crippen molar-refractivity contribution in [3.05, 3.63) is 58.6 Å². The van der Waals surface area contributed by atoms with Gasteiger partial charge in [0.15, 0.2) is 0 Å². The third kappa shape index (κ3) is 3.84. The van der Waals surface area contributed by atoms with Crippen molar-refractivity contribution in [1.29, 1.82) is 0 Å². The average Bonchev–Trinajstić information content (AvgIpc) is 2.46. The summed E-state index contributed by atoms with van der Waals surface area (Å²) in [5.41, 5.74) is 2.92. The summed E-state index contributed by atoms with van der Waals surface area (Å²) in [6, 6.07) is 13.4. The van der Waals surface area contributed by atoms with E-state index in [-0.39, 0.29) is 0 Å².